The summed E-state index contributed by atoms with van der Waals surface area (Å²) in [6, 6.07) is 5.27. The molecular weight excluding hydrogens is 244 g/mol. The van der Waals surface area contributed by atoms with Gasteiger partial charge in [0.1, 0.15) is 5.52 Å². The summed E-state index contributed by atoms with van der Waals surface area (Å²) in [5.41, 5.74) is 1.98. The number of rotatable bonds is 5. The van der Waals surface area contributed by atoms with Crippen LogP contribution >= 0.6 is 0 Å². The van der Waals surface area contributed by atoms with Crippen LogP contribution in [0.4, 0.5) is 0 Å². The van der Waals surface area contributed by atoms with Crippen molar-refractivity contribution >= 4 is 17.0 Å². The largest absolute Gasteiger partial charge is 0.440 e. The number of nitrogens with one attached hydrogen (secondary N) is 1. The van der Waals surface area contributed by atoms with Crippen LogP contribution in [0.5, 0.6) is 0 Å². The van der Waals surface area contributed by atoms with E-state index in [2.05, 4.69) is 10.3 Å². The second-order valence-corrected chi connectivity index (χ2v) is 4.64. The molecular formula is C14H18N2O3. The van der Waals surface area contributed by atoms with Crippen LogP contribution in [-0.4, -0.2) is 31.2 Å². The number of amides is 1. The van der Waals surface area contributed by atoms with E-state index in [1.807, 2.05) is 13.8 Å². The van der Waals surface area contributed by atoms with Gasteiger partial charge in [0.25, 0.3) is 5.91 Å². The number of hydrogen-bond donors (Lipinski definition) is 1. The van der Waals surface area contributed by atoms with E-state index in [-0.39, 0.29) is 11.8 Å². The lowest BCUT2D eigenvalue weighted by molar-refractivity contribution is 0.0937. The lowest BCUT2D eigenvalue weighted by atomic mass is 10.2. The highest BCUT2D eigenvalue weighted by molar-refractivity contribution is 5.97. The van der Waals surface area contributed by atoms with E-state index >= 15 is 0 Å². The molecule has 2 aromatic rings. The highest BCUT2D eigenvalue weighted by atomic mass is 16.5. The SMILES string of the molecule is COCCNC(=O)c1ccc2nc(C(C)C)oc2c1. The second kappa shape index (κ2) is 5.84. The third kappa shape index (κ3) is 3.12. The molecule has 0 aliphatic rings. The Morgan fingerprint density at radius 1 is 1.47 bits per heavy atom. The number of nitrogens with zero attached hydrogens (tertiary/aromatic N) is 1. The molecule has 5 nitrogen and oxygen atoms in total. The van der Waals surface area contributed by atoms with E-state index in [0.29, 0.717) is 30.2 Å². The summed E-state index contributed by atoms with van der Waals surface area (Å²) in [6.45, 7) is 5.01. The average Bonchev–Trinajstić information content (AvgIpc) is 2.81. The quantitative estimate of drug-likeness (QED) is 0.840. The van der Waals surface area contributed by atoms with Crippen molar-refractivity contribution in [2.75, 3.05) is 20.3 Å². The number of benzene rings is 1. The molecule has 0 saturated heterocycles. The molecule has 0 aliphatic heterocycles. The molecule has 1 N–H and O–H groups in total. The summed E-state index contributed by atoms with van der Waals surface area (Å²) in [6.07, 6.45) is 0. The summed E-state index contributed by atoms with van der Waals surface area (Å²) < 4.78 is 10.5. The highest BCUT2D eigenvalue weighted by Gasteiger charge is 2.12. The number of ether oxygens (including phenoxy) is 1. The summed E-state index contributed by atoms with van der Waals surface area (Å²) >= 11 is 0. The molecule has 5 heteroatoms. The molecule has 0 fully saturated rings. The number of fused-ring (bicyclic) bond motifs is 1. The molecule has 0 unspecified atom stereocenters. The minimum absolute atomic E-state index is 0.138. The standard InChI is InChI=1S/C14H18N2O3/c1-9(2)14-16-11-5-4-10(8-12(11)19-14)13(17)15-6-7-18-3/h4-5,8-9H,6-7H2,1-3H3,(H,15,17). The van der Waals surface area contributed by atoms with Crippen LogP contribution < -0.4 is 5.32 Å². The average molecular weight is 262 g/mol. The zero-order valence-electron chi connectivity index (χ0n) is 11.4. The number of carbonyl (C=O) groups excluding carboxylic acids is 1. The zero-order chi connectivity index (χ0) is 13.8. The highest BCUT2D eigenvalue weighted by Crippen LogP contribution is 2.21. The van der Waals surface area contributed by atoms with Crippen molar-refractivity contribution in [3.05, 3.63) is 29.7 Å². The molecule has 0 aliphatic carbocycles. The number of methoxy groups -OCH3 is 1. The summed E-state index contributed by atoms with van der Waals surface area (Å²) in [5.74, 6) is 0.778. The van der Waals surface area contributed by atoms with Gasteiger partial charge in [-0.1, -0.05) is 13.8 Å². The van der Waals surface area contributed by atoms with E-state index in [4.69, 9.17) is 9.15 Å². The van der Waals surface area contributed by atoms with Gasteiger partial charge in [-0.15, -0.1) is 0 Å². The fraction of sp³-hybridized carbons (Fsp3) is 0.429. The lowest BCUT2D eigenvalue weighted by Gasteiger charge is -2.03. The molecule has 0 bridgehead atoms. The van der Waals surface area contributed by atoms with Gasteiger partial charge in [0.2, 0.25) is 0 Å². The third-order valence-corrected chi connectivity index (χ3v) is 2.75. The second-order valence-electron chi connectivity index (χ2n) is 4.64. The first-order chi connectivity index (χ1) is 9.11. The van der Waals surface area contributed by atoms with E-state index in [1.54, 1.807) is 25.3 Å². The lowest BCUT2D eigenvalue weighted by Crippen LogP contribution is -2.26. The van der Waals surface area contributed by atoms with Gasteiger partial charge in [-0.25, -0.2) is 4.98 Å². The van der Waals surface area contributed by atoms with Gasteiger partial charge in [0, 0.05) is 25.1 Å². The fourth-order valence-corrected chi connectivity index (χ4v) is 1.70. The first-order valence-electron chi connectivity index (χ1n) is 6.29. The number of hydrogen-bond acceptors (Lipinski definition) is 4. The summed E-state index contributed by atoms with van der Waals surface area (Å²) in [4.78, 5) is 16.2. The maximum Gasteiger partial charge on any atom is 0.251 e. The first-order valence-corrected chi connectivity index (χ1v) is 6.29. The molecule has 102 valence electrons. The first kappa shape index (κ1) is 13.5. The Bertz CT molecular complexity index is 575. The van der Waals surface area contributed by atoms with Crippen LogP contribution in [0.15, 0.2) is 22.6 Å². The predicted molar refractivity (Wildman–Crippen MR) is 72.3 cm³/mol. The molecule has 1 amide bonds. The fourth-order valence-electron chi connectivity index (χ4n) is 1.70. The topological polar surface area (TPSA) is 64.4 Å². The molecule has 0 atom stereocenters. The molecule has 1 heterocycles. The minimum Gasteiger partial charge on any atom is -0.440 e. The van der Waals surface area contributed by atoms with Crippen molar-refractivity contribution in [3.8, 4) is 0 Å². The Labute approximate surface area is 112 Å². The van der Waals surface area contributed by atoms with Crippen molar-refractivity contribution in [2.24, 2.45) is 0 Å². The molecule has 1 aromatic carbocycles. The van der Waals surface area contributed by atoms with E-state index < -0.39 is 0 Å². The Hall–Kier alpha value is -1.88. The van der Waals surface area contributed by atoms with E-state index in [0.717, 1.165) is 5.52 Å². The Kier molecular flexibility index (Phi) is 4.16. The van der Waals surface area contributed by atoms with Gasteiger partial charge in [0.15, 0.2) is 11.5 Å². The van der Waals surface area contributed by atoms with Crippen molar-refractivity contribution in [1.82, 2.24) is 10.3 Å². The van der Waals surface area contributed by atoms with Crippen LogP contribution in [0.25, 0.3) is 11.1 Å². The van der Waals surface area contributed by atoms with Gasteiger partial charge < -0.3 is 14.5 Å². The Morgan fingerprint density at radius 2 is 2.26 bits per heavy atom. The van der Waals surface area contributed by atoms with Crippen LogP contribution in [0, 0.1) is 0 Å². The molecule has 0 spiro atoms. The van der Waals surface area contributed by atoms with Gasteiger partial charge in [0.05, 0.1) is 6.61 Å². The van der Waals surface area contributed by atoms with Crippen LogP contribution in [0.2, 0.25) is 0 Å². The van der Waals surface area contributed by atoms with Crippen LogP contribution in [0.1, 0.15) is 36.0 Å². The van der Waals surface area contributed by atoms with Crippen molar-refractivity contribution in [2.45, 2.75) is 19.8 Å². The monoisotopic (exact) mass is 262 g/mol. The summed E-state index contributed by atoms with van der Waals surface area (Å²) in [7, 11) is 1.60. The smallest absolute Gasteiger partial charge is 0.251 e. The maximum atomic E-state index is 11.9. The number of carbonyl (C=O) groups is 1. The van der Waals surface area contributed by atoms with Crippen LogP contribution in [0.3, 0.4) is 0 Å². The summed E-state index contributed by atoms with van der Waals surface area (Å²) in [5, 5.41) is 2.77. The van der Waals surface area contributed by atoms with E-state index in [1.165, 1.54) is 0 Å². The number of oxazole rings is 1. The molecule has 19 heavy (non-hydrogen) atoms. The van der Waals surface area contributed by atoms with Crippen LogP contribution in [-0.2, 0) is 4.74 Å². The molecule has 0 radical (unpaired) electrons. The van der Waals surface area contributed by atoms with Crippen molar-refractivity contribution in [1.29, 1.82) is 0 Å². The number of aromatic nitrogens is 1. The minimum atomic E-state index is -0.138. The van der Waals surface area contributed by atoms with E-state index in [9.17, 15) is 4.79 Å². The molecule has 1 aromatic heterocycles. The van der Waals surface area contributed by atoms with Crippen molar-refractivity contribution < 1.29 is 13.9 Å². The third-order valence-electron chi connectivity index (χ3n) is 2.75. The normalized spacial score (nSPS) is 11.2. The Balaban J connectivity index is 2.18. The maximum absolute atomic E-state index is 11.9. The van der Waals surface area contributed by atoms with Gasteiger partial charge in [-0.05, 0) is 18.2 Å². The van der Waals surface area contributed by atoms with Gasteiger partial charge in [-0.2, -0.15) is 0 Å². The molecule has 2 rings (SSSR count). The van der Waals surface area contributed by atoms with Crippen molar-refractivity contribution in [3.63, 3.8) is 0 Å². The van der Waals surface area contributed by atoms with Gasteiger partial charge >= 0.3 is 0 Å². The predicted octanol–water partition coefficient (Wildman–Crippen LogP) is 2.33. The van der Waals surface area contributed by atoms with Gasteiger partial charge in [-0.3, -0.25) is 4.79 Å². The zero-order valence-corrected chi connectivity index (χ0v) is 11.4. The Morgan fingerprint density at radius 3 is 2.95 bits per heavy atom. The molecule has 0 saturated carbocycles.